The molecule has 37 heavy (non-hydrogen) atoms. The van der Waals surface area contributed by atoms with Crippen LogP contribution in [0.1, 0.15) is 89.1 Å². The van der Waals surface area contributed by atoms with E-state index in [0.29, 0.717) is 24.2 Å². The molecule has 0 aliphatic heterocycles. The largest absolute Gasteiger partial charge is 0.462 e. The van der Waals surface area contributed by atoms with E-state index in [1.165, 1.54) is 41.1 Å². The zero-order chi connectivity index (χ0) is 25.8. The number of hydrogen-bond acceptors (Lipinski definition) is 5. The van der Waals surface area contributed by atoms with Gasteiger partial charge in [-0.3, -0.25) is 4.79 Å². The molecule has 1 aromatic heterocycles. The first-order valence-electron chi connectivity index (χ1n) is 14.2. The summed E-state index contributed by atoms with van der Waals surface area (Å²) in [6.45, 7) is 7.04. The van der Waals surface area contributed by atoms with Crippen molar-refractivity contribution in [3.63, 3.8) is 0 Å². The van der Waals surface area contributed by atoms with Crippen LogP contribution < -0.4 is 5.32 Å². The Morgan fingerprint density at radius 3 is 2.76 bits per heavy atom. The summed E-state index contributed by atoms with van der Waals surface area (Å²) in [7, 11) is 0. The number of rotatable bonds is 6. The van der Waals surface area contributed by atoms with E-state index in [-0.39, 0.29) is 28.7 Å². The molecule has 2 aromatic rings. The predicted octanol–water partition coefficient (Wildman–Crippen LogP) is 8.31. The van der Waals surface area contributed by atoms with Crippen LogP contribution in [-0.2, 0) is 16.0 Å². The zero-order valence-electron chi connectivity index (χ0n) is 22.3. The van der Waals surface area contributed by atoms with Gasteiger partial charge in [0.15, 0.2) is 5.13 Å². The summed E-state index contributed by atoms with van der Waals surface area (Å²) in [6.07, 6.45) is 13.0. The number of halogens is 1. The number of thiazole rings is 1. The number of allylic oxidation sites excluding steroid dienone is 2. The number of esters is 1. The zero-order valence-corrected chi connectivity index (χ0v) is 23.1. The Kier molecular flexibility index (Phi) is 6.45. The molecule has 1 heterocycles. The van der Waals surface area contributed by atoms with Gasteiger partial charge in [-0.1, -0.05) is 44.6 Å². The van der Waals surface area contributed by atoms with Crippen molar-refractivity contribution in [2.24, 2.45) is 28.6 Å². The molecule has 1 aromatic carbocycles. The number of benzene rings is 1. The van der Waals surface area contributed by atoms with E-state index in [4.69, 9.17) is 9.72 Å². The summed E-state index contributed by atoms with van der Waals surface area (Å²) in [5.74, 6) is 1.74. The summed E-state index contributed by atoms with van der Waals surface area (Å²) in [6, 6.07) is 6.49. The number of carbonyl (C=O) groups is 1. The molecular formula is C31H39FN2O2S. The van der Waals surface area contributed by atoms with Gasteiger partial charge in [0, 0.05) is 17.5 Å². The van der Waals surface area contributed by atoms with Gasteiger partial charge in [-0.2, -0.15) is 0 Å². The number of unbranched alkanes of at least 4 members (excludes halogenated alkanes) is 1. The molecule has 198 valence electrons. The average molecular weight is 523 g/mol. The number of aromatic nitrogens is 1. The predicted molar refractivity (Wildman–Crippen MR) is 147 cm³/mol. The van der Waals surface area contributed by atoms with E-state index in [0.717, 1.165) is 55.8 Å². The Labute approximate surface area is 224 Å². The lowest BCUT2D eigenvalue weighted by atomic mass is 9.48. The number of nitrogens with zero attached hydrogens (tertiary/aromatic N) is 1. The standard InChI is InChI=1S/C31H39FN2O2S/c1-4-5-6-27(35)36-26-14-13-22-21-11-12-24-28-25(16-18-30(24,2)23(21)15-17-31(22,26)3)34-29(37-28)33-20-9-7-19(32)8-10-20/h7-10,12,21-23,26H,4-6,11,13-18H2,1-3H3,(H,33,34)/t21-,22-,23-,26-,30+,31-/m0/s1. The molecule has 2 saturated carbocycles. The molecule has 0 unspecified atom stereocenters. The lowest BCUT2D eigenvalue weighted by Gasteiger charge is -2.56. The number of aryl methyl sites for hydroxylation is 1. The first-order chi connectivity index (χ1) is 17.8. The fourth-order valence-corrected chi connectivity index (χ4v) is 9.48. The molecule has 0 radical (unpaired) electrons. The number of ether oxygens (including phenoxy) is 1. The molecular weight excluding hydrogens is 483 g/mol. The number of anilines is 2. The Morgan fingerprint density at radius 2 is 1.97 bits per heavy atom. The van der Waals surface area contributed by atoms with E-state index in [9.17, 15) is 9.18 Å². The number of nitrogens with one attached hydrogen (secondary N) is 1. The molecule has 6 atom stereocenters. The molecule has 0 spiro atoms. The van der Waals surface area contributed by atoms with Gasteiger partial charge in [0.2, 0.25) is 0 Å². The minimum absolute atomic E-state index is 0.00342. The van der Waals surface area contributed by atoms with Crippen molar-refractivity contribution in [1.29, 1.82) is 0 Å². The second-order valence-corrected chi connectivity index (χ2v) is 13.3. The summed E-state index contributed by atoms with van der Waals surface area (Å²) in [5, 5.41) is 4.29. The second kappa shape index (κ2) is 9.52. The normalized spacial score (nSPS) is 34.0. The van der Waals surface area contributed by atoms with Gasteiger partial charge in [-0.05, 0) is 104 Å². The molecule has 0 bridgehead atoms. The maximum Gasteiger partial charge on any atom is 0.306 e. The van der Waals surface area contributed by atoms with Crippen molar-refractivity contribution in [3.05, 3.63) is 46.7 Å². The van der Waals surface area contributed by atoms with Gasteiger partial charge < -0.3 is 10.1 Å². The highest BCUT2D eigenvalue weighted by molar-refractivity contribution is 7.16. The molecule has 0 saturated heterocycles. The molecule has 1 N–H and O–H groups in total. The van der Waals surface area contributed by atoms with Crippen molar-refractivity contribution in [1.82, 2.24) is 4.98 Å². The van der Waals surface area contributed by atoms with Gasteiger partial charge >= 0.3 is 5.97 Å². The van der Waals surface area contributed by atoms with Crippen LogP contribution in [0.25, 0.3) is 5.57 Å². The minimum atomic E-state index is -0.228. The maximum absolute atomic E-state index is 13.3. The average Bonchev–Trinajstić information content (AvgIpc) is 3.44. The van der Waals surface area contributed by atoms with Crippen LogP contribution in [0.2, 0.25) is 0 Å². The molecule has 6 heteroatoms. The Morgan fingerprint density at radius 1 is 1.16 bits per heavy atom. The summed E-state index contributed by atoms with van der Waals surface area (Å²) < 4.78 is 19.4. The third-order valence-corrected chi connectivity index (χ3v) is 11.4. The fourth-order valence-electron chi connectivity index (χ4n) is 8.27. The molecule has 4 aliphatic rings. The van der Waals surface area contributed by atoms with Crippen LogP contribution in [0.15, 0.2) is 30.3 Å². The molecule has 4 aliphatic carbocycles. The number of carbonyl (C=O) groups excluding carboxylic acids is 1. The lowest BCUT2D eigenvalue weighted by molar-refractivity contribution is -0.159. The quantitative estimate of drug-likeness (QED) is 0.388. The van der Waals surface area contributed by atoms with E-state index in [2.05, 4.69) is 32.2 Å². The number of hydrogen-bond donors (Lipinski definition) is 1. The van der Waals surface area contributed by atoms with E-state index < -0.39 is 0 Å². The second-order valence-electron chi connectivity index (χ2n) is 12.3. The lowest BCUT2D eigenvalue weighted by Crippen LogP contribution is -2.50. The SMILES string of the molecule is CCCCC(=O)O[C@H]1CC[C@H]2[C@@H]3CC=C4c5sc(Nc6ccc(F)cc6)nc5CC[C@]4(C)[C@H]3CC[C@]12C. The van der Waals surface area contributed by atoms with Crippen LogP contribution in [0.4, 0.5) is 15.2 Å². The van der Waals surface area contributed by atoms with E-state index in [1.807, 2.05) is 0 Å². The van der Waals surface area contributed by atoms with E-state index in [1.54, 1.807) is 23.5 Å². The molecule has 2 fully saturated rings. The third-order valence-electron chi connectivity index (χ3n) is 10.3. The van der Waals surface area contributed by atoms with Gasteiger partial charge in [-0.25, -0.2) is 9.37 Å². The van der Waals surface area contributed by atoms with Crippen molar-refractivity contribution >= 4 is 33.7 Å². The number of fused-ring (bicyclic) bond motifs is 7. The highest BCUT2D eigenvalue weighted by Gasteiger charge is 2.60. The maximum atomic E-state index is 13.3. The molecule has 4 nitrogen and oxygen atoms in total. The van der Waals surface area contributed by atoms with Gasteiger partial charge in [0.05, 0.1) is 10.6 Å². The summed E-state index contributed by atoms with van der Waals surface area (Å²) >= 11 is 1.75. The summed E-state index contributed by atoms with van der Waals surface area (Å²) in [5.41, 5.74) is 3.86. The monoisotopic (exact) mass is 522 g/mol. The Bertz CT molecular complexity index is 1210. The Balaban J connectivity index is 1.23. The van der Waals surface area contributed by atoms with Crippen LogP contribution in [0.3, 0.4) is 0 Å². The van der Waals surface area contributed by atoms with Gasteiger partial charge in [-0.15, -0.1) is 0 Å². The third kappa shape index (κ3) is 4.24. The van der Waals surface area contributed by atoms with Crippen LogP contribution >= 0.6 is 11.3 Å². The summed E-state index contributed by atoms with van der Waals surface area (Å²) in [4.78, 5) is 18.8. The minimum Gasteiger partial charge on any atom is -0.462 e. The van der Waals surface area contributed by atoms with Crippen LogP contribution in [0.5, 0.6) is 0 Å². The van der Waals surface area contributed by atoms with Crippen molar-refractivity contribution in [3.8, 4) is 0 Å². The van der Waals surface area contributed by atoms with Crippen molar-refractivity contribution < 1.29 is 13.9 Å². The fraction of sp³-hybridized carbons (Fsp3) is 0.613. The smallest absolute Gasteiger partial charge is 0.306 e. The van der Waals surface area contributed by atoms with Crippen molar-refractivity contribution in [2.75, 3.05) is 5.32 Å². The van der Waals surface area contributed by atoms with Gasteiger partial charge in [0.25, 0.3) is 0 Å². The molecule has 6 rings (SSSR count). The first-order valence-corrected chi connectivity index (χ1v) is 15.1. The Hall–Kier alpha value is -2.21. The van der Waals surface area contributed by atoms with Crippen LogP contribution in [0, 0.1) is 34.4 Å². The highest BCUT2D eigenvalue weighted by atomic mass is 32.1. The van der Waals surface area contributed by atoms with Crippen molar-refractivity contribution in [2.45, 2.75) is 91.1 Å². The van der Waals surface area contributed by atoms with E-state index >= 15 is 0 Å². The highest BCUT2D eigenvalue weighted by Crippen LogP contribution is 2.66. The van der Waals surface area contributed by atoms with Crippen LogP contribution in [-0.4, -0.2) is 17.1 Å². The molecule has 0 amide bonds. The topological polar surface area (TPSA) is 51.2 Å². The first kappa shape index (κ1) is 25.1. The van der Waals surface area contributed by atoms with Gasteiger partial charge in [0.1, 0.15) is 11.9 Å².